The predicted octanol–water partition coefficient (Wildman–Crippen LogP) is 1.47. The van der Waals surface area contributed by atoms with Crippen molar-refractivity contribution in [2.24, 2.45) is 4.99 Å². The number of carbonyl (C=O) groups excluding carboxylic acids is 1. The summed E-state index contributed by atoms with van der Waals surface area (Å²) in [7, 11) is 1.62. The summed E-state index contributed by atoms with van der Waals surface area (Å²) in [4.78, 5) is 16.1. The Morgan fingerprint density at radius 3 is 2.81 bits per heavy atom. The zero-order valence-electron chi connectivity index (χ0n) is 15.2. The Labute approximate surface area is 153 Å². The lowest BCUT2D eigenvalue weighted by atomic mass is 10.1. The molecule has 0 spiro atoms. The van der Waals surface area contributed by atoms with Gasteiger partial charge >= 0.3 is 0 Å². The Balaban J connectivity index is 1.88. The third-order valence-electron chi connectivity index (χ3n) is 3.76. The molecule has 26 heavy (non-hydrogen) atoms. The monoisotopic (exact) mass is 358 g/mol. The zero-order valence-corrected chi connectivity index (χ0v) is 15.2. The molecule has 0 radical (unpaired) electrons. The molecule has 1 aromatic heterocycles. The lowest BCUT2D eigenvalue weighted by molar-refractivity contribution is 0.0963. The van der Waals surface area contributed by atoms with E-state index in [0.29, 0.717) is 23.8 Å². The number of benzene rings is 1. The standard InChI is InChI=1S/C19H26N4O3/c1-3-21-19(23-13-16(24)17-8-5-11-26-17)22-10-9-14-6-4-7-15(12-14)18(25)20-2/h4-8,11-12,16,24H,3,9-10,13H2,1-2H3,(H,20,25)(H2,21,22,23). The van der Waals surface area contributed by atoms with Crippen molar-refractivity contribution in [3.05, 3.63) is 59.5 Å². The fourth-order valence-corrected chi connectivity index (χ4v) is 2.43. The first kappa shape index (κ1) is 19.5. The summed E-state index contributed by atoms with van der Waals surface area (Å²) in [6, 6.07) is 11.0. The molecule has 0 bridgehead atoms. The first-order chi connectivity index (χ1) is 12.6. The van der Waals surface area contributed by atoms with E-state index in [1.165, 1.54) is 6.26 Å². The first-order valence-corrected chi connectivity index (χ1v) is 8.68. The quantitative estimate of drug-likeness (QED) is 0.423. The minimum absolute atomic E-state index is 0.0957. The summed E-state index contributed by atoms with van der Waals surface area (Å²) in [5.74, 6) is 1.03. The van der Waals surface area contributed by atoms with Gasteiger partial charge in [0.1, 0.15) is 11.9 Å². The Kier molecular flexibility index (Phi) is 7.70. The molecule has 1 heterocycles. The first-order valence-electron chi connectivity index (χ1n) is 8.68. The number of amides is 1. The van der Waals surface area contributed by atoms with Crippen LogP contribution in [-0.2, 0) is 6.42 Å². The van der Waals surface area contributed by atoms with E-state index in [9.17, 15) is 9.90 Å². The molecule has 0 saturated carbocycles. The van der Waals surface area contributed by atoms with E-state index in [-0.39, 0.29) is 12.5 Å². The maximum absolute atomic E-state index is 11.7. The minimum Gasteiger partial charge on any atom is -0.467 e. The average molecular weight is 358 g/mol. The number of aliphatic hydroxyl groups is 1. The maximum atomic E-state index is 11.7. The van der Waals surface area contributed by atoms with E-state index in [1.807, 2.05) is 25.1 Å². The third kappa shape index (κ3) is 5.93. The summed E-state index contributed by atoms with van der Waals surface area (Å²) in [6.45, 7) is 3.55. The molecule has 1 amide bonds. The van der Waals surface area contributed by atoms with E-state index in [1.54, 1.807) is 25.2 Å². The van der Waals surface area contributed by atoms with Gasteiger partial charge in [0.25, 0.3) is 5.91 Å². The minimum atomic E-state index is -0.773. The van der Waals surface area contributed by atoms with Gasteiger partial charge < -0.3 is 25.5 Å². The topological polar surface area (TPSA) is 98.9 Å². The van der Waals surface area contributed by atoms with Crippen LogP contribution in [0.2, 0.25) is 0 Å². The fourth-order valence-electron chi connectivity index (χ4n) is 2.43. The highest BCUT2D eigenvalue weighted by molar-refractivity contribution is 5.94. The lowest BCUT2D eigenvalue weighted by Crippen LogP contribution is -2.38. The predicted molar refractivity (Wildman–Crippen MR) is 101 cm³/mol. The van der Waals surface area contributed by atoms with Crippen molar-refractivity contribution < 1.29 is 14.3 Å². The highest BCUT2D eigenvalue weighted by atomic mass is 16.4. The van der Waals surface area contributed by atoms with Gasteiger partial charge in [0.15, 0.2) is 5.96 Å². The number of furan rings is 1. The van der Waals surface area contributed by atoms with Gasteiger partial charge in [0.2, 0.25) is 0 Å². The zero-order chi connectivity index (χ0) is 18.8. The van der Waals surface area contributed by atoms with Crippen LogP contribution in [0.25, 0.3) is 0 Å². The number of hydrogen-bond donors (Lipinski definition) is 4. The van der Waals surface area contributed by atoms with Crippen molar-refractivity contribution in [3.63, 3.8) is 0 Å². The molecule has 4 N–H and O–H groups in total. The normalized spacial score (nSPS) is 12.5. The van der Waals surface area contributed by atoms with Crippen LogP contribution in [0.4, 0.5) is 0 Å². The van der Waals surface area contributed by atoms with Gasteiger partial charge in [0, 0.05) is 25.7 Å². The van der Waals surface area contributed by atoms with Crippen LogP contribution in [0.1, 0.15) is 34.7 Å². The molecule has 0 saturated heterocycles. The molecule has 0 aliphatic heterocycles. The number of rotatable bonds is 8. The van der Waals surface area contributed by atoms with Crippen molar-refractivity contribution in [1.82, 2.24) is 16.0 Å². The molecule has 7 nitrogen and oxygen atoms in total. The Morgan fingerprint density at radius 1 is 1.27 bits per heavy atom. The summed E-state index contributed by atoms with van der Waals surface area (Å²) >= 11 is 0. The molecular formula is C19H26N4O3. The van der Waals surface area contributed by atoms with E-state index in [0.717, 1.165) is 18.5 Å². The number of nitrogens with zero attached hydrogens (tertiary/aromatic N) is 1. The van der Waals surface area contributed by atoms with Crippen molar-refractivity contribution in [1.29, 1.82) is 0 Å². The number of hydrogen-bond acceptors (Lipinski definition) is 4. The molecule has 2 aromatic rings. The van der Waals surface area contributed by atoms with Crippen molar-refractivity contribution in [2.75, 3.05) is 26.7 Å². The van der Waals surface area contributed by atoms with Gasteiger partial charge in [-0.2, -0.15) is 0 Å². The van der Waals surface area contributed by atoms with Crippen LogP contribution in [0.15, 0.2) is 52.1 Å². The van der Waals surface area contributed by atoms with Crippen LogP contribution in [-0.4, -0.2) is 43.7 Å². The van der Waals surface area contributed by atoms with Gasteiger partial charge in [-0.1, -0.05) is 12.1 Å². The Bertz CT molecular complexity index is 713. The van der Waals surface area contributed by atoms with Crippen LogP contribution < -0.4 is 16.0 Å². The van der Waals surface area contributed by atoms with E-state index < -0.39 is 6.10 Å². The number of aliphatic hydroxyl groups excluding tert-OH is 1. The molecule has 1 atom stereocenters. The number of carbonyl (C=O) groups is 1. The molecule has 0 fully saturated rings. The number of nitrogens with one attached hydrogen (secondary N) is 3. The second-order valence-electron chi connectivity index (χ2n) is 5.71. The second kappa shape index (κ2) is 10.2. The third-order valence-corrected chi connectivity index (χ3v) is 3.76. The Hall–Kier alpha value is -2.80. The average Bonchev–Trinajstić information content (AvgIpc) is 3.20. The molecule has 1 aromatic carbocycles. The SMILES string of the molecule is CCNC(=NCC(O)c1ccco1)NCCc1cccc(C(=O)NC)c1. The van der Waals surface area contributed by atoms with Crippen molar-refractivity contribution in [3.8, 4) is 0 Å². The molecular weight excluding hydrogens is 332 g/mol. The highest BCUT2D eigenvalue weighted by Crippen LogP contribution is 2.12. The van der Waals surface area contributed by atoms with Crippen molar-refractivity contribution >= 4 is 11.9 Å². The molecule has 0 aliphatic carbocycles. The van der Waals surface area contributed by atoms with Gasteiger partial charge in [-0.25, -0.2) is 0 Å². The van der Waals surface area contributed by atoms with Crippen LogP contribution in [0.3, 0.4) is 0 Å². The van der Waals surface area contributed by atoms with E-state index in [2.05, 4.69) is 20.9 Å². The Morgan fingerprint density at radius 2 is 2.12 bits per heavy atom. The summed E-state index contributed by atoms with van der Waals surface area (Å²) in [6.07, 6.45) is 1.50. The smallest absolute Gasteiger partial charge is 0.251 e. The molecule has 140 valence electrons. The van der Waals surface area contributed by atoms with E-state index >= 15 is 0 Å². The van der Waals surface area contributed by atoms with Gasteiger partial charge in [-0.05, 0) is 43.2 Å². The van der Waals surface area contributed by atoms with E-state index in [4.69, 9.17) is 4.42 Å². The van der Waals surface area contributed by atoms with Crippen LogP contribution >= 0.6 is 0 Å². The highest BCUT2D eigenvalue weighted by Gasteiger charge is 2.10. The molecule has 0 aliphatic rings. The number of aliphatic imine (C=N–C) groups is 1. The van der Waals surface area contributed by atoms with Gasteiger partial charge in [-0.15, -0.1) is 0 Å². The van der Waals surface area contributed by atoms with Gasteiger partial charge in [-0.3, -0.25) is 9.79 Å². The summed E-state index contributed by atoms with van der Waals surface area (Å²) in [5, 5.41) is 19.0. The largest absolute Gasteiger partial charge is 0.467 e. The molecule has 7 heteroatoms. The fraction of sp³-hybridized carbons (Fsp3) is 0.368. The second-order valence-corrected chi connectivity index (χ2v) is 5.71. The maximum Gasteiger partial charge on any atom is 0.251 e. The summed E-state index contributed by atoms with van der Waals surface area (Å²) in [5.41, 5.74) is 1.71. The van der Waals surface area contributed by atoms with Gasteiger partial charge in [0.05, 0.1) is 12.8 Å². The lowest BCUT2D eigenvalue weighted by Gasteiger charge is -2.12. The van der Waals surface area contributed by atoms with Crippen molar-refractivity contribution in [2.45, 2.75) is 19.4 Å². The summed E-state index contributed by atoms with van der Waals surface area (Å²) < 4.78 is 5.17. The molecule has 2 rings (SSSR count). The molecule has 1 unspecified atom stereocenters. The number of guanidine groups is 1. The van der Waals surface area contributed by atoms with Crippen LogP contribution in [0, 0.1) is 0 Å². The van der Waals surface area contributed by atoms with Crippen LogP contribution in [0.5, 0.6) is 0 Å².